The van der Waals surface area contributed by atoms with Crippen LogP contribution in [0.3, 0.4) is 0 Å². The van der Waals surface area contributed by atoms with E-state index in [4.69, 9.17) is 0 Å². The van der Waals surface area contributed by atoms with Gasteiger partial charge in [0.05, 0.1) is 11.3 Å². The number of para-hydroxylation sites is 1. The average Bonchev–Trinajstić information content (AvgIpc) is 2.64. The fourth-order valence-corrected chi connectivity index (χ4v) is 3.63. The average molecular weight is 333 g/mol. The van der Waals surface area contributed by atoms with Gasteiger partial charge in [-0.25, -0.2) is 4.98 Å². The minimum absolute atomic E-state index is 0.556. The lowest BCUT2D eigenvalue weighted by Gasteiger charge is -2.34. The number of benzene rings is 1. The van der Waals surface area contributed by atoms with E-state index in [-0.39, 0.29) is 0 Å². The van der Waals surface area contributed by atoms with Crippen molar-refractivity contribution in [3.05, 3.63) is 58.4 Å². The molecule has 0 spiro atoms. The Labute approximate surface area is 149 Å². The van der Waals surface area contributed by atoms with Crippen LogP contribution in [0.4, 0.5) is 5.69 Å². The number of carbonyl (C=O) groups excluding carboxylic acids is 1. The normalized spacial score (nSPS) is 15.0. The van der Waals surface area contributed by atoms with Crippen LogP contribution in [-0.4, -0.2) is 24.4 Å². The summed E-state index contributed by atoms with van der Waals surface area (Å²) in [5.74, 6) is 0.568. The highest BCUT2D eigenvalue weighted by atomic mass is 16.1. The molecule has 3 rings (SSSR count). The van der Waals surface area contributed by atoms with Crippen molar-refractivity contribution >= 4 is 12.0 Å². The maximum Gasteiger partial charge on any atom is 0.168 e. The molecule has 2 aromatic rings. The molecular formula is C21H23N3O. The van der Waals surface area contributed by atoms with Crippen LogP contribution in [0.5, 0.6) is 0 Å². The number of rotatable bonds is 4. The first-order chi connectivity index (χ1) is 12.1. The zero-order chi connectivity index (χ0) is 17.8. The summed E-state index contributed by atoms with van der Waals surface area (Å²) in [6.07, 6.45) is 3.91. The molecule has 0 amide bonds. The first kappa shape index (κ1) is 17.2. The number of hydrogen-bond acceptors (Lipinski definition) is 4. The molecule has 1 aromatic carbocycles. The molecule has 0 unspecified atom stereocenters. The van der Waals surface area contributed by atoms with Crippen molar-refractivity contribution in [1.29, 1.82) is 5.26 Å². The molecule has 1 fully saturated rings. The molecule has 4 heteroatoms. The van der Waals surface area contributed by atoms with Crippen LogP contribution in [0.2, 0.25) is 0 Å². The molecule has 25 heavy (non-hydrogen) atoms. The molecule has 128 valence electrons. The summed E-state index contributed by atoms with van der Waals surface area (Å²) < 4.78 is 0. The maximum absolute atomic E-state index is 11.1. The Morgan fingerprint density at radius 3 is 2.64 bits per heavy atom. The van der Waals surface area contributed by atoms with Crippen LogP contribution in [0.15, 0.2) is 30.3 Å². The predicted octanol–water partition coefficient (Wildman–Crippen LogP) is 3.84. The largest absolute Gasteiger partial charge is 0.370 e. The van der Waals surface area contributed by atoms with Crippen molar-refractivity contribution in [2.24, 2.45) is 5.92 Å². The van der Waals surface area contributed by atoms with Crippen LogP contribution in [0.1, 0.15) is 45.7 Å². The molecule has 1 aliphatic heterocycles. The lowest BCUT2D eigenvalue weighted by molar-refractivity contribution is 0.111. The third-order valence-corrected chi connectivity index (χ3v) is 5.12. The monoisotopic (exact) mass is 333 g/mol. The number of nitrogens with zero attached hydrogens (tertiary/aromatic N) is 3. The second kappa shape index (κ2) is 7.48. The molecule has 0 radical (unpaired) electrons. The molecule has 1 aromatic heterocycles. The van der Waals surface area contributed by atoms with E-state index < -0.39 is 0 Å². The number of aldehydes is 1. The number of piperidine rings is 1. The zero-order valence-electron chi connectivity index (χ0n) is 14.8. The molecule has 1 saturated heterocycles. The summed E-state index contributed by atoms with van der Waals surface area (Å²) in [5, 5.41) is 9.28. The molecule has 4 nitrogen and oxygen atoms in total. The van der Waals surface area contributed by atoms with Crippen molar-refractivity contribution in [3.63, 3.8) is 0 Å². The third kappa shape index (κ3) is 3.71. The highest BCUT2D eigenvalue weighted by Gasteiger charge is 2.22. The van der Waals surface area contributed by atoms with Gasteiger partial charge in [0.15, 0.2) is 6.29 Å². The fourth-order valence-electron chi connectivity index (χ4n) is 3.63. The quantitative estimate of drug-likeness (QED) is 0.798. The van der Waals surface area contributed by atoms with E-state index in [0.717, 1.165) is 61.1 Å². The van der Waals surface area contributed by atoms with Crippen LogP contribution in [-0.2, 0) is 6.42 Å². The van der Waals surface area contributed by atoms with Crippen molar-refractivity contribution in [2.45, 2.75) is 33.1 Å². The van der Waals surface area contributed by atoms with Crippen LogP contribution in [0, 0.1) is 31.1 Å². The number of carbonyl (C=O) groups is 1. The Balaban J connectivity index is 1.67. The minimum Gasteiger partial charge on any atom is -0.370 e. The zero-order valence-corrected chi connectivity index (χ0v) is 14.8. The Morgan fingerprint density at radius 1 is 1.24 bits per heavy atom. The number of pyridine rings is 1. The van der Waals surface area contributed by atoms with E-state index in [1.54, 1.807) is 0 Å². The molecular weight excluding hydrogens is 310 g/mol. The first-order valence-corrected chi connectivity index (χ1v) is 8.78. The SMILES string of the molecule is Cc1cc(C)c(CC2CCN(c3ccccc3C#N)CC2)nc1C=O. The molecule has 0 N–H and O–H groups in total. The topological polar surface area (TPSA) is 57.0 Å². The molecule has 1 aliphatic rings. The predicted molar refractivity (Wildman–Crippen MR) is 98.9 cm³/mol. The van der Waals surface area contributed by atoms with Crippen molar-refractivity contribution < 1.29 is 4.79 Å². The Morgan fingerprint density at radius 2 is 1.96 bits per heavy atom. The van der Waals surface area contributed by atoms with Gasteiger partial charge in [0.1, 0.15) is 11.8 Å². The molecule has 0 bridgehead atoms. The molecule has 0 atom stereocenters. The van der Waals surface area contributed by atoms with Gasteiger partial charge in [-0.3, -0.25) is 4.79 Å². The van der Waals surface area contributed by atoms with Gasteiger partial charge in [-0.2, -0.15) is 5.26 Å². The van der Waals surface area contributed by atoms with Crippen molar-refractivity contribution in [3.8, 4) is 6.07 Å². The lowest BCUT2D eigenvalue weighted by atomic mass is 9.90. The van der Waals surface area contributed by atoms with Gasteiger partial charge in [0.25, 0.3) is 0 Å². The highest BCUT2D eigenvalue weighted by molar-refractivity contribution is 5.74. The van der Waals surface area contributed by atoms with E-state index in [1.165, 1.54) is 5.56 Å². The van der Waals surface area contributed by atoms with Gasteiger partial charge >= 0.3 is 0 Å². The van der Waals surface area contributed by atoms with Gasteiger partial charge in [0.2, 0.25) is 0 Å². The van der Waals surface area contributed by atoms with Crippen LogP contribution >= 0.6 is 0 Å². The number of hydrogen-bond donors (Lipinski definition) is 0. The highest BCUT2D eigenvalue weighted by Crippen LogP contribution is 2.28. The number of nitriles is 1. The standard InChI is InChI=1S/C21H23N3O/c1-15-11-16(2)20(14-25)23-19(15)12-17-7-9-24(10-8-17)21-6-4-3-5-18(21)13-22/h3-6,11,14,17H,7-10,12H2,1-2H3. The van der Waals surface area contributed by atoms with E-state index in [0.29, 0.717) is 11.6 Å². The second-order valence-corrected chi connectivity index (χ2v) is 6.84. The smallest absolute Gasteiger partial charge is 0.168 e. The first-order valence-electron chi connectivity index (χ1n) is 8.78. The fraction of sp³-hybridized carbons (Fsp3) is 0.381. The van der Waals surface area contributed by atoms with Crippen molar-refractivity contribution in [1.82, 2.24) is 4.98 Å². The Kier molecular flexibility index (Phi) is 5.14. The van der Waals surface area contributed by atoms with E-state index in [1.807, 2.05) is 31.2 Å². The second-order valence-electron chi connectivity index (χ2n) is 6.84. The number of anilines is 1. The maximum atomic E-state index is 11.1. The Hall–Kier alpha value is -2.67. The lowest BCUT2D eigenvalue weighted by Crippen LogP contribution is -2.35. The summed E-state index contributed by atoms with van der Waals surface area (Å²) in [5.41, 5.74) is 5.49. The summed E-state index contributed by atoms with van der Waals surface area (Å²) in [6.45, 7) is 5.91. The van der Waals surface area contributed by atoms with Gasteiger partial charge in [0, 0.05) is 18.8 Å². The van der Waals surface area contributed by atoms with Gasteiger partial charge in [-0.1, -0.05) is 18.2 Å². The number of aromatic nitrogens is 1. The minimum atomic E-state index is 0.556. The summed E-state index contributed by atoms with van der Waals surface area (Å²) in [7, 11) is 0. The third-order valence-electron chi connectivity index (χ3n) is 5.12. The summed E-state index contributed by atoms with van der Waals surface area (Å²) in [4.78, 5) is 18.0. The summed E-state index contributed by atoms with van der Waals surface area (Å²) in [6, 6.07) is 12.1. The van der Waals surface area contributed by atoms with Crippen LogP contribution in [0.25, 0.3) is 0 Å². The van der Waals surface area contributed by atoms with E-state index in [9.17, 15) is 10.1 Å². The molecule has 0 aliphatic carbocycles. The van der Waals surface area contributed by atoms with Crippen LogP contribution < -0.4 is 4.90 Å². The molecule has 2 heterocycles. The van der Waals surface area contributed by atoms with E-state index >= 15 is 0 Å². The Bertz CT molecular complexity index is 814. The van der Waals surface area contributed by atoms with Crippen molar-refractivity contribution in [2.75, 3.05) is 18.0 Å². The van der Waals surface area contributed by atoms with E-state index in [2.05, 4.69) is 28.9 Å². The van der Waals surface area contributed by atoms with Gasteiger partial charge < -0.3 is 4.90 Å². The summed E-state index contributed by atoms with van der Waals surface area (Å²) >= 11 is 0. The number of aryl methyl sites for hydroxylation is 2. The molecule has 0 saturated carbocycles. The van der Waals surface area contributed by atoms with Gasteiger partial charge in [-0.05, 0) is 62.3 Å². The van der Waals surface area contributed by atoms with Gasteiger partial charge in [-0.15, -0.1) is 0 Å².